The fourth-order valence-electron chi connectivity index (χ4n) is 2.51. The number of carbonyl (C=O) groups is 2. The Labute approximate surface area is 162 Å². The Balaban J connectivity index is 1.71. The van der Waals surface area contributed by atoms with Crippen molar-refractivity contribution >= 4 is 28.9 Å². The minimum atomic E-state index is -0.399. The summed E-state index contributed by atoms with van der Waals surface area (Å²) in [5.74, 6) is -0.0309. The number of ether oxygens (including phenoxy) is 2. The minimum absolute atomic E-state index is 0.287. The zero-order valence-electron chi connectivity index (χ0n) is 15.4. The SMILES string of the molecule is COC(=O)c1ccc(Nc2cncc(C(=O)Nc3cccc(OC)c3)c2)cc1. The molecular formula is C21H19N3O4. The number of carbonyl (C=O) groups excluding carboxylic acids is 2. The second-order valence-corrected chi connectivity index (χ2v) is 5.84. The van der Waals surface area contributed by atoms with Gasteiger partial charge < -0.3 is 20.1 Å². The van der Waals surface area contributed by atoms with Gasteiger partial charge in [0, 0.05) is 23.6 Å². The molecule has 2 N–H and O–H groups in total. The predicted octanol–water partition coefficient (Wildman–Crippen LogP) is 3.87. The van der Waals surface area contributed by atoms with Gasteiger partial charge in [0.1, 0.15) is 5.75 Å². The highest BCUT2D eigenvalue weighted by molar-refractivity contribution is 6.04. The largest absolute Gasteiger partial charge is 0.497 e. The van der Waals surface area contributed by atoms with Crippen LogP contribution in [0.1, 0.15) is 20.7 Å². The van der Waals surface area contributed by atoms with Crippen molar-refractivity contribution in [3.63, 3.8) is 0 Å². The van der Waals surface area contributed by atoms with E-state index >= 15 is 0 Å². The van der Waals surface area contributed by atoms with E-state index in [4.69, 9.17) is 4.74 Å². The van der Waals surface area contributed by atoms with E-state index in [1.807, 2.05) is 0 Å². The van der Waals surface area contributed by atoms with Gasteiger partial charge in [-0.15, -0.1) is 0 Å². The lowest BCUT2D eigenvalue weighted by atomic mass is 10.2. The number of nitrogens with one attached hydrogen (secondary N) is 2. The van der Waals surface area contributed by atoms with E-state index in [1.54, 1.807) is 67.9 Å². The third-order valence-electron chi connectivity index (χ3n) is 3.92. The maximum atomic E-state index is 12.5. The average molecular weight is 377 g/mol. The van der Waals surface area contributed by atoms with E-state index in [0.29, 0.717) is 28.3 Å². The van der Waals surface area contributed by atoms with E-state index in [-0.39, 0.29) is 5.91 Å². The molecule has 1 aromatic heterocycles. The fourth-order valence-corrected chi connectivity index (χ4v) is 2.51. The van der Waals surface area contributed by atoms with Gasteiger partial charge in [-0.25, -0.2) is 4.79 Å². The highest BCUT2D eigenvalue weighted by Gasteiger charge is 2.09. The van der Waals surface area contributed by atoms with Crippen LogP contribution >= 0.6 is 0 Å². The number of hydrogen-bond donors (Lipinski definition) is 2. The van der Waals surface area contributed by atoms with Gasteiger partial charge in [0.05, 0.1) is 37.2 Å². The Morgan fingerprint density at radius 2 is 1.64 bits per heavy atom. The minimum Gasteiger partial charge on any atom is -0.497 e. The van der Waals surface area contributed by atoms with E-state index in [2.05, 4.69) is 20.4 Å². The standard InChI is InChI=1S/C21H19N3O4/c1-27-19-5-3-4-17(11-19)24-20(25)15-10-18(13-22-12-15)23-16-8-6-14(7-9-16)21(26)28-2/h3-13,23H,1-2H3,(H,24,25). The number of anilines is 3. The Morgan fingerprint density at radius 3 is 2.36 bits per heavy atom. The van der Waals surface area contributed by atoms with E-state index < -0.39 is 5.97 Å². The van der Waals surface area contributed by atoms with Crippen LogP contribution < -0.4 is 15.4 Å². The third kappa shape index (κ3) is 4.64. The number of aromatic nitrogens is 1. The van der Waals surface area contributed by atoms with Crippen molar-refractivity contribution in [3.05, 3.63) is 78.1 Å². The van der Waals surface area contributed by atoms with Crippen molar-refractivity contribution in [1.82, 2.24) is 4.98 Å². The first-order valence-electron chi connectivity index (χ1n) is 8.45. The highest BCUT2D eigenvalue weighted by atomic mass is 16.5. The molecule has 28 heavy (non-hydrogen) atoms. The lowest BCUT2D eigenvalue weighted by Gasteiger charge is -2.10. The van der Waals surface area contributed by atoms with Crippen LogP contribution in [0.4, 0.5) is 17.1 Å². The number of amides is 1. The third-order valence-corrected chi connectivity index (χ3v) is 3.92. The molecule has 2 aromatic carbocycles. The first kappa shape index (κ1) is 18.9. The van der Waals surface area contributed by atoms with Crippen molar-refractivity contribution in [2.45, 2.75) is 0 Å². The molecule has 0 aliphatic heterocycles. The van der Waals surface area contributed by atoms with Gasteiger partial charge >= 0.3 is 5.97 Å². The molecule has 0 aliphatic rings. The molecule has 0 spiro atoms. The van der Waals surface area contributed by atoms with Crippen LogP contribution in [0.3, 0.4) is 0 Å². The Bertz CT molecular complexity index is 987. The lowest BCUT2D eigenvalue weighted by Crippen LogP contribution is -2.12. The maximum Gasteiger partial charge on any atom is 0.337 e. The van der Waals surface area contributed by atoms with Gasteiger partial charge in [-0.1, -0.05) is 6.07 Å². The van der Waals surface area contributed by atoms with Crippen LogP contribution in [0.2, 0.25) is 0 Å². The van der Waals surface area contributed by atoms with Crippen LogP contribution in [-0.2, 0) is 4.74 Å². The zero-order valence-corrected chi connectivity index (χ0v) is 15.4. The number of benzene rings is 2. The molecule has 0 radical (unpaired) electrons. The number of rotatable bonds is 6. The summed E-state index contributed by atoms with van der Waals surface area (Å²) in [6, 6.07) is 15.6. The predicted molar refractivity (Wildman–Crippen MR) is 106 cm³/mol. The van der Waals surface area contributed by atoms with Gasteiger partial charge in [-0.3, -0.25) is 9.78 Å². The zero-order chi connectivity index (χ0) is 19.9. The second-order valence-electron chi connectivity index (χ2n) is 5.84. The van der Waals surface area contributed by atoms with Gasteiger partial charge in [0.2, 0.25) is 0 Å². The summed E-state index contributed by atoms with van der Waals surface area (Å²) in [6.07, 6.45) is 3.09. The summed E-state index contributed by atoms with van der Waals surface area (Å²) < 4.78 is 9.83. The number of methoxy groups -OCH3 is 2. The fraction of sp³-hybridized carbons (Fsp3) is 0.0952. The molecule has 0 fully saturated rings. The molecular weight excluding hydrogens is 358 g/mol. The molecule has 142 valence electrons. The van der Waals surface area contributed by atoms with Crippen molar-refractivity contribution in [1.29, 1.82) is 0 Å². The van der Waals surface area contributed by atoms with Crippen molar-refractivity contribution in [2.75, 3.05) is 24.9 Å². The molecule has 0 saturated heterocycles. The van der Waals surface area contributed by atoms with Gasteiger partial charge in [0.25, 0.3) is 5.91 Å². The summed E-state index contributed by atoms with van der Waals surface area (Å²) in [4.78, 5) is 28.1. The van der Waals surface area contributed by atoms with E-state index in [0.717, 1.165) is 5.69 Å². The normalized spacial score (nSPS) is 10.1. The molecule has 7 heteroatoms. The second kappa shape index (κ2) is 8.68. The molecule has 3 rings (SSSR count). The van der Waals surface area contributed by atoms with Crippen LogP contribution in [-0.4, -0.2) is 31.1 Å². The maximum absolute atomic E-state index is 12.5. The molecule has 0 unspecified atom stereocenters. The number of pyridine rings is 1. The van der Waals surface area contributed by atoms with Gasteiger partial charge in [-0.05, 0) is 42.5 Å². The van der Waals surface area contributed by atoms with Crippen LogP contribution in [0, 0.1) is 0 Å². The summed E-state index contributed by atoms with van der Waals surface area (Å²) in [7, 11) is 2.90. The molecule has 1 heterocycles. The van der Waals surface area contributed by atoms with Crippen molar-refractivity contribution in [2.24, 2.45) is 0 Å². The highest BCUT2D eigenvalue weighted by Crippen LogP contribution is 2.20. The van der Waals surface area contributed by atoms with Crippen LogP contribution in [0.15, 0.2) is 67.0 Å². The molecule has 3 aromatic rings. The summed E-state index contributed by atoms with van der Waals surface area (Å²) in [5, 5.41) is 5.96. The summed E-state index contributed by atoms with van der Waals surface area (Å²) >= 11 is 0. The topological polar surface area (TPSA) is 89.5 Å². The Hall–Kier alpha value is -3.87. The van der Waals surface area contributed by atoms with Crippen molar-refractivity contribution < 1.29 is 19.1 Å². The first-order valence-corrected chi connectivity index (χ1v) is 8.45. The Morgan fingerprint density at radius 1 is 0.857 bits per heavy atom. The van der Waals surface area contributed by atoms with E-state index in [1.165, 1.54) is 13.3 Å². The van der Waals surface area contributed by atoms with Crippen LogP contribution in [0.5, 0.6) is 5.75 Å². The van der Waals surface area contributed by atoms with Gasteiger partial charge in [0.15, 0.2) is 0 Å². The lowest BCUT2D eigenvalue weighted by molar-refractivity contribution is 0.0600. The molecule has 0 bridgehead atoms. The summed E-state index contributed by atoms with van der Waals surface area (Å²) in [5.41, 5.74) is 2.88. The molecule has 0 saturated carbocycles. The average Bonchev–Trinajstić information content (AvgIpc) is 2.74. The Kier molecular flexibility index (Phi) is 5.86. The first-order chi connectivity index (χ1) is 13.6. The summed E-state index contributed by atoms with van der Waals surface area (Å²) in [6.45, 7) is 0. The number of hydrogen-bond acceptors (Lipinski definition) is 6. The quantitative estimate of drug-likeness (QED) is 0.634. The molecule has 1 amide bonds. The van der Waals surface area contributed by atoms with E-state index in [9.17, 15) is 9.59 Å². The smallest absolute Gasteiger partial charge is 0.337 e. The number of nitrogens with zero attached hydrogens (tertiary/aromatic N) is 1. The number of esters is 1. The molecule has 0 aliphatic carbocycles. The molecule has 0 atom stereocenters. The van der Waals surface area contributed by atoms with Crippen LogP contribution in [0.25, 0.3) is 0 Å². The van der Waals surface area contributed by atoms with Crippen molar-refractivity contribution in [3.8, 4) is 5.75 Å². The monoisotopic (exact) mass is 377 g/mol. The molecule has 7 nitrogen and oxygen atoms in total. The van der Waals surface area contributed by atoms with Gasteiger partial charge in [-0.2, -0.15) is 0 Å².